The summed E-state index contributed by atoms with van der Waals surface area (Å²) < 4.78 is 0. The molecule has 0 saturated carbocycles. The van der Waals surface area contributed by atoms with Gasteiger partial charge in [-0.25, -0.2) is 0 Å². The van der Waals surface area contributed by atoms with Gasteiger partial charge in [0.2, 0.25) is 0 Å². The summed E-state index contributed by atoms with van der Waals surface area (Å²) in [4.78, 5) is 6.37. The van der Waals surface area contributed by atoms with Gasteiger partial charge in [0.15, 0.2) is 0 Å². The number of pyridine rings is 1. The fourth-order valence-electron chi connectivity index (χ4n) is 2.79. The molecule has 0 amide bonds. The van der Waals surface area contributed by atoms with Crippen LogP contribution < -0.4 is 0 Å². The van der Waals surface area contributed by atoms with Gasteiger partial charge < -0.3 is 5.11 Å². The Bertz CT molecular complexity index is 675. The summed E-state index contributed by atoms with van der Waals surface area (Å²) in [6.45, 7) is 2.16. The van der Waals surface area contributed by atoms with Gasteiger partial charge in [-0.1, -0.05) is 66.7 Å². The van der Waals surface area contributed by atoms with E-state index < -0.39 is 6.10 Å². The highest BCUT2D eigenvalue weighted by molar-refractivity contribution is 5.18. The third-order valence-electron chi connectivity index (χ3n) is 4.00. The van der Waals surface area contributed by atoms with Crippen LogP contribution in [-0.2, 0) is 13.1 Å². The summed E-state index contributed by atoms with van der Waals surface area (Å²) in [5, 5.41) is 10.6. The summed E-state index contributed by atoms with van der Waals surface area (Å²) in [7, 11) is 0. The first-order valence-electron chi connectivity index (χ1n) is 8.19. The highest BCUT2D eigenvalue weighted by atomic mass is 16.3. The summed E-state index contributed by atoms with van der Waals surface area (Å²) in [6.07, 6.45) is 2.90. The number of benzene rings is 2. The van der Waals surface area contributed by atoms with E-state index in [2.05, 4.69) is 34.1 Å². The molecular weight excluding hydrogens is 296 g/mol. The molecule has 122 valence electrons. The van der Waals surface area contributed by atoms with Crippen molar-refractivity contribution in [2.75, 3.05) is 6.54 Å². The predicted molar refractivity (Wildman–Crippen MR) is 96.2 cm³/mol. The van der Waals surface area contributed by atoms with Crippen molar-refractivity contribution in [3.8, 4) is 0 Å². The summed E-state index contributed by atoms with van der Waals surface area (Å²) in [6, 6.07) is 24.5. The molecule has 3 rings (SSSR count). The van der Waals surface area contributed by atoms with Crippen molar-refractivity contribution in [2.45, 2.75) is 19.2 Å². The molecule has 3 nitrogen and oxygen atoms in total. The zero-order chi connectivity index (χ0) is 16.6. The number of hydrogen-bond acceptors (Lipinski definition) is 3. The minimum absolute atomic E-state index is 0.550. The smallest absolute Gasteiger partial charge is 0.0932 e. The molecule has 1 atom stereocenters. The topological polar surface area (TPSA) is 36.4 Å². The minimum Gasteiger partial charge on any atom is -0.387 e. The average molecular weight is 318 g/mol. The number of rotatable bonds is 7. The highest BCUT2D eigenvalue weighted by Gasteiger charge is 2.14. The van der Waals surface area contributed by atoms with Crippen molar-refractivity contribution in [3.05, 3.63) is 102 Å². The normalized spacial score (nSPS) is 12.2. The molecule has 3 heteroatoms. The van der Waals surface area contributed by atoms with Crippen LogP contribution in [0.3, 0.4) is 0 Å². The van der Waals surface area contributed by atoms with Crippen molar-refractivity contribution < 1.29 is 5.11 Å². The van der Waals surface area contributed by atoms with Gasteiger partial charge in [-0.2, -0.15) is 0 Å². The highest BCUT2D eigenvalue weighted by Crippen LogP contribution is 2.17. The molecule has 1 heterocycles. The molecule has 0 radical (unpaired) electrons. The summed E-state index contributed by atoms with van der Waals surface area (Å²) in [5.74, 6) is 0. The predicted octanol–water partition coefficient (Wildman–Crippen LogP) is 3.82. The molecule has 0 aliphatic rings. The number of aliphatic hydroxyl groups excluding tert-OH is 1. The van der Waals surface area contributed by atoms with Crippen LogP contribution in [0.4, 0.5) is 0 Å². The van der Waals surface area contributed by atoms with Crippen LogP contribution in [0.2, 0.25) is 0 Å². The Morgan fingerprint density at radius 2 is 1.38 bits per heavy atom. The number of nitrogens with zero attached hydrogens (tertiary/aromatic N) is 2. The first-order valence-corrected chi connectivity index (χ1v) is 8.19. The molecule has 0 spiro atoms. The van der Waals surface area contributed by atoms with Gasteiger partial charge in [-0.15, -0.1) is 0 Å². The van der Waals surface area contributed by atoms with E-state index in [-0.39, 0.29) is 0 Å². The second-order valence-electron chi connectivity index (χ2n) is 5.94. The molecule has 24 heavy (non-hydrogen) atoms. The third-order valence-corrected chi connectivity index (χ3v) is 4.00. The van der Waals surface area contributed by atoms with Crippen LogP contribution in [0.5, 0.6) is 0 Å². The van der Waals surface area contributed by atoms with Gasteiger partial charge in [-0.05, 0) is 17.2 Å². The zero-order valence-corrected chi connectivity index (χ0v) is 13.6. The van der Waals surface area contributed by atoms with Crippen LogP contribution in [0.1, 0.15) is 22.8 Å². The SMILES string of the molecule is O[C@@H](CN(Cc1ccccc1)Cc1ccccc1)c1cccnc1. The molecule has 0 fully saturated rings. The Labute approximate surface area is 143 Å². The standard InChI is InChI=1S/C21H22N2O/c24-21(20-12-7-13-22-14-20)17-23(15-18-8-3-1-4-9-18)16-19-10-5-2-6-11-19/h1-14,21,24H,15-17H2/t21-/m0/s1. The van der Waals surface area contributed by atoms with Crippen molar-refractivity contribution in [1.82, 2.24) is 9.88 Å². The molecule has 1 aromatic heterocycles. The van der Waals surface area contributed by atoms with Gasteiger partial charge in [0.1, 0.15) is 0 Å². The first kappa shape index (κ1) is 16.4. The summed E-state index contributed by atoms with van der Waals surface area (Å²) >= 11 is 0. The van der Waals surface area contributed by atoms with E-state index in [1.807, 2.05) is 48.5 Å². The summed E-state index contributed by atoms with van der Waals surface area (Å²) in [5.41, 5.74) is 3.34. The lowest BCUT2D eigenvalue weighted by Gasteiger charge is -2.25. The quantitative estimate of drug-likeness (QED) is 0.719. The second-order valence-corrected chi connectivity index (χ2v) is 5.94. The largest absolute Gasteiger partial charge is 0.387 e. The van der Waals surface area contributed by atoms with E-state index >= 15 is 0 Å². The average Bonchev–Trinajstić information content (AvgIpc) is 2.64. The van der Waals surface area contributed by atoms with Crippen LogP contribution in [0.25, 0.3) is 0 Å². The van der Waals surface area contributed by atoms with E-state index in [1.54, 1.807) is 12.4 Å². The van der Waals surface area contributed by atoms with E-state index in [4.69, 9.17) is 0 Å². The molecule has 3 aromatic rings. The van der Waals surface area contributed by atoms with Gasteiger partial charge in [0.05, 0.1) is 6.10 Å². The van der Waals surface area contributed by atoms with Crippen LogP contribution in [0, 0.1) is 0 Å². The van der Waals surface area contributed by atoms with Crippen LogP contribution >= 0.6 is 0 Å². The van der Waals surface area contributed by atoms with Crippen molar-refractivity contribution in [1.29, 1.82) is 0 Å². The van der Waals surface area contributed by atoms with Gasteiger partial charge in [-0.3, -0.25) is 9.88 Å². The Hall–Kier alpha value is -2.49. The van der Waals surface area contributed by atoms with Gasteiger partial charge >= 0.3 is 0 Å². The molecule has 2 aromatic carbocycles. The van der Waals surface area contributed by atoms with Gasteiger partial charge in [0.25, 0.3) is 0 Å². The van der Waals surface area contributed by atoms with E-state index in [9.17, 15) is 5.11 Å². The Kier molecular flexibility index (Phi) is 5.72. The second kappa shape index (κ2) is 8.39. The van der Waals surface area contributed by atoms with Crippen molar-refractivity contribution >= 4 is 0 Å². The Morgan fingerprint density at radius 3 is 1.88 bits per heavy atom. The fraction of sp³-hybridized carbons (Fsp3) is 0.190. The van der Waals surface area contributed by atoms with Crippen molar-refractivity contribution in [3.63, 3.8) is 0 Å². The Morgan fingerprint density at radius 1 is 0.792 bits per heavy atom. The van der Waals surface area contributed by atoms with Crippen molar-refractivity contribution in [2.24, 2.45) is 0 Å². The lowest BCUT2D eigenvalue weighted by molar-refractivity contribution is 0.104. The van der Waals surface area contributed by atoms with E-state index in [0.717, 1.165) is 18.7 Å². The lowest BCUT2D eigenvalue weighted by atomic mass is 10.1. The maximum atomic E-state index is 10.6. The fourth-order valence-corrected chi connectivity index (χ4v) is 2.79. The van der Waals surface area contributed by atoms with Gasteiger partial charge in [0, 0.05) is 37.6 Å². The van der Waals surface area contributed by atoms with Crippen LogP contribution in [0.15, 0.2) is 85.2 Å². The monoisotopic (exact) mass is 318 g/mol. The molecule has 0 aliphatic heterocycles. The Balaban J connectivity index is 1.73. The lowest BCUT2D eigenvalue weighted by Crippen LogP contribution is -2.28. The van der Waals surface area contributed by atoms with Crippen LogP contribution in [-0.4, -0.2) is 21.5 Å². The maximum Gasteiger partial charge on any atom is 0.0932 e. The number of aromatic nitrogens is 1. The van der Waals surface area contributed by atoms with E-state index in [0.29, 0.717) is 6.54 Å². The minimum atomic E-state index is -0.550. The molecule has 0 aliphatic carbocycles. The number of aliphatic hydroxyl groups is 1. The van der Waals surface area contributed by atoms with E-state index in [1.165, 1.54) is 11.1 Å². The first-order chi connectivity index (χ1) is 11.8. The molecule has 1 N–H and O–H groups in total. The number of hydrogen-bond donors (Lipinski definition) is 1. The molecular formula is C21H22N2O. The zero-order valence-electron chi connectivity index (χ0n) is 13.6. The third kappa shape index (κ3) is 4.75. The molecule has 0 bridgehead atoms. The molecule has 0 saturated heterocycles. The molecule has 0 unspecified atom stereocenters. The maximum absolute atomic E-state index is 10.6.